The minimum absolute atomic E-state index is 0.244. The van der Waals surface area contributed by atoms with Gasteiger partial charge in [-0.25, -0.2) is 4.98 Å². The van der Waals surface area contributed by atoms with E-state index in [1.165, 1.54) is 0 Å². The van der Waals surface area contributed by atoms with Crippen LogP contribution < -0.4 is 5.32 Å². The summed E-state index contributed by atoms with van der Waals surface area (Å²) in [6.07, 6.45) is 0. The number of aryl methyl sites for hydroxylation is 1. The summed E-state index contributed by atoms with van der Waals surface area (Å²) in [5.41, 5.74) is 1.33. The van der Waals surface area contributed by atoms with Crippen LogP contribution in [0.3, 0.4) is 0 Å². The van der Waals surface area contributed by atoms with Gasteiger partial charge in [0.1, 0.15) is 0 Å². The maximum atomic E-state index is 5.26. The lowest BCUT2D eigenvalue weighted by Gasteiger charge is -2.39. The predicted octanol–water partition coefficient (Wildman–Crippen LogP) is 1.50. The summed E-state index contributed by atoms with van der Waals surface area (Å²) in [5.74, 6) is 0.902. The third-order valence-corrected chi connectivity index (χ3v) is 4.04. The average Bonchev–Trinajstić information content (AvgIpc) is 2.73. The largest absolute Gasteiger partial charge is 0.380 e. The number of nitrogens with zero attached hydrogens (tertiary/aromatic N) is 3. The zero-order valence-electron chi connectivity index (χ0n) is 12.1. The highest BCUT2D eigenvalue weighted by Crippen LogP contribution is 2.25. The van der Waals surface area contributed by atoms with E-state index in [2.05, 4.69) is 32.5 Å². The van der Waals surface area contributed by atoms with Gasteiger partial charge in [-0.15, -0.1) is 11.3 Å². The van der Waals surface area contributed by atoms with Gasteiger partial charge in [0.25, 0.3) is 0 Å². The molecule has 0 unspecified atom stereocenters. The molecule has 0 atom stereocenters. The first kappa shape index (κ1) is 14.3. The monoisotopic (exact) mass is 282 g/mol. The van der Waals surface area contributed by atoms with Gasteiger partial charge in [0, 0.05) is 31.4 Å². The fourth-order valence-electron chi connectivity index (χ4n) is 2.03. The van der Waals surface area contributed by atoms with Gasteiger partial charge in [0.15, 0.2) is 5.96 Å². The van der Waals surface area contributed by atoms with Crippen molar-refractivity contribution < 1.29 is 4.74 Å². The van der Waals surface area contributed by atoms with Crippen LogP contribution >= 0.6 is 11.3 Å². The molecule has 106 valence electrons. The second kappa shape index (κ2) is 5.88. The van der Waals surface area contributed by atoms with Crippen molar-refractivity contribution in [1.82, 2.24) is 15.2 Å². The van der Waals surface area contributed by atoms with Crippen LogP contribution in [0.2, 0.25) is 0 Å². The first-order chi connectivity index (χ1) is 9.02. The Morgan fingerprint density at radius 1 is 1.63 bits per heavy atom. The Morgan fingerprint density at radius 3 is 2.84 bits per heavy atom. The molecule has 0 saturated carbocycles. The highest BCUT2D eigenvalue weighted by Gasteiger charge is 2.33. The molecule has 0 spiro atoms. The van der Waals surface area contributed by atoms with Crippen molar-refractivity contribution in [1.29, 1.82) is 0 Å². The van der Waals surface area contributed by atoms with Gasteiger partial charge in [0.05, 0.1) is 30.5 Å². The van der Waals surface area contributed by atoms with Gasteiger partial charge in [-0.1, -0.05) is 6.92 Å². The van der Waals surface area contributed by atoms with Gasteiger partial charge in [0.2, 0.25) is 0 Å². The normalized spacial score (nSPS) is 18.0. The van der Waals surface area contributed by atoms with Gasteiger partial charge in [-0.2, -0.15) is 0 Å². The van der Waals surface area contributed by atoms with E-state index in [1.807, 2.05) is 21.0 Å². The molecule has 6 heteroatoms. The van der Waals surface area contributed by atoms with Crippen molar-refractivity contribution in [3.05, 3.63) is 16.1 Å². The number of ether oxygens (including phenoxy) is 1. The Kier molecular flexibility index (Phi) is 4.42. The number of guanidine groups is 1. The minimum atomic E-state index is 0.244. The SMILES string of the molecule is CN=C(NCC1(C)COC1)N(C)Cc1csc(C)n1. The Labute approximate surface area is 118 Å². The van der Waals surface area contributed by atoms with Gasteiger partial charge >= 0.3 is 0 Å². The zero-order valence-corrected chi connectivity index (χ0v) is 12.9. The van der Waals surface area contributed by atoms with Crippen LogP contribution in [0.1, 0.15) is 17.6 Å². The maximum Gasteiger partial charge on any atom is 0.193 e. The standard InChI is InChI=1S/C13H22N4OS/c1-10-16-11(6-19-10)5-17(4)12(14-3)15-7-13(2)8-18-9-13/h6H,5,7-9H2,1-4H3,(H,14,15). The average molecular weight is 282 g/mol. The van der Waals surface area contributed by atoms with E-state index < -0.39 is 0 Å². The lowest BCUT2D eigenvalue weighted by Crippen LogP contribution is -2.51. The molecule has 5 nitrogen and oxygen atoms in total. The van der Waals surface area contributed by atoms with E-state index >= 15 is 0 Å². The molecular formula is C13H22N4OS. The molecule has 1 aromatic heterocycles. The van der Waals surface area contributed by atoms with Crippen LogP contribution in [-0.2, 0) is 11.3 Å². The van der Waals surface area contributed by atoms with Crippen LogP contribution in [0.15, 0.2) is 10.4 Å². The Balaban J connectivity index is 1.86. The van der Waals surface area contributed by atoms with E-state index in [0.29, 0.717) is 0 Å². The summed E-state index contributed by atoms with van der Waals surface area (Å²) < 4.78 is 5.26. The first-order valence-corrected chi connectivity index (χ1v) is 7.31. The molecule has 0 aromatic carbocycles. The van der Waals surface area contributed by atoms with E-state index in [-0.39, 0.29) is 5.41 Å². The third kappa shape index (κ3) is 3.67. The highest BCUT2D eigenvalue weighted by molar-refractivity contribution is 7.09. The van der Waals surface area contributed by atoms with Gasteiger partial charge in [-0.3, -0.25) is 4.99 Å². The van der Waals surface area contributed by atoms with Crippen molar-refractivity contribution in [2.45, 2.75) is 20.4 Å². The van der Waals surface area contributed by atoms with Crippen molar-refractivity contribution >= 4 is 17.3 Å². The molecule has 0 aliphatic carbocycles. The molecule has 0 radical (unpaired) electrons. The molecule has 1 saturated heterocycles. The zero-order chi connectivity index (χ0) is 13.9. The Hall–Kier alpha value is -1.14. The number of hydrogen-bond donors (Lipinski definition) is 1. The van der Waals surface area contributed by atoms with E-state index in [1.54, 1.807) is 11.3 Å². The number of thiazole rings is 1. The maximum absolute atomic E-state index is 5.26. The summed E-state index contributed by atoms with van der Waals surface area (Å²) in [4.78, 5) is 10.9. The summed E-state index contributed by atoms with van der Waals surface area (Å²) in [6.45, 7) is 7.56. The molecule has 2 heterocycles. The number of hydrogen-bond acceptors (Lipinski definition) is 4. The fourth-order valence-corrected chi connectivity index (χ4v) is 2.63. The van der Waals surface area contributed by atoms with Gasteiger partial charge < -0.3 is 15.0 Å². The lowest BCUT2D eigenvalue weighted by molar-refractivity contribution is -0.0972. The van der Waals surface area contributed by atoms with Crippen molar-refractivity contribution in [2.75, 3.05) is 33.9 Å². The molecule has 1 aliphatic heterocycles. The highest BCUT2D eigenvalue weighted by atomic mass is 32.1. The number of aromatic nitrogens is 1. The van der Waals surface area contributed by atoms with Crippen LogP contribution in [0.4, 0.5) is 0 Å². The van der Waals surface area contributed by atoms with Gasteiger partial charge in [-0.05, 0) is 6.92 Å². The number of nitrogens with one attached hydrogen (secondary N) is 1. The van der Waals surface area contributed by atoms with Crippen molar-refractivity contribution in [3.8, 4) is 0 Å². The number of rotatable bonds is 4. The third-order valence-electron chi connectivity index (χ3n) is 3.21. The Bertz CT molecular complexity index is 453. The molecule has 1 fully saturated rings. The van der Waals surface area contributed by atoms with E-state index in [9.17, 15) is 0 Å². The molecule has 1 N–H and O–H groups in total. The van der Waals surface area contributed by atoms with Crippen molar-refractivity contribution in [2.24, 2.45) is 10.4 Å². The molecule has 1 aliphatic rings. The molecule has 19 heavy (non-hydrogen) atoms. The van der Waals surface area contributed by atoms with Crippen molar-refractivity contribution in [3.63, 3.8) is 0 Å². The van der Waals surface area contributed by atoms with Crippen LogP contribution in [0, 0.1) is 12.3 Å². The van der Waals surface area contributed by atoms with E-state index in [0.717, 1.165) is 43.0 Å². The van der Waals surface area contributed by atoms with E-state index in [4.69, 9.17) is 4.74 Å². The van der Waals surface area contributed by atoms with Crippen LogP contribution in [0.5, 0.6) is 0 Å². The summed E-state index contributed by atoms with van der Waals surface area (Å²) in [6, 6.07) is 0. The minimum Gasteiger partial charge on any atom is -0.380 e. The lowest BCUT2D eigenvalue weighted by atomic mass is 9.89. The van der Waals surface area contributed by atoms with Crippen LogP contribution in [0.25, 0.3) is 0 Å². The predicted molar refractivity (Wildman–Crippen MR) is 78.6 cm³/mol. The smallest absolute Gasteiger partial charge is 0.193 e. The second-order valence-corrected chi connectivity index (χ2v) is 6.48. The summed E-state index contributed by atoms with van der Waals surface area (Å²) in [5, 5.41) is 6.61. The van der Waals surface area contributed by atoms with Crippen LogP contribution in [-0.4, -0.2) is 49.7 Å². The first-order valence-electron chi connectivity index (χ1n) is 6.43. The summed E-state index contributed by atoms with van der Waals surface area (Å²) in [7, 11) is 3.84. The molecule has 0 bridgehead atoms. The quantitative estimate of drug-likeness (QED) is 0.671. The molecular weight excluding hydrogens is 260 g/mol. The molecule has 0 amide bonds. The topological polar surface area (TPSA) is 49.8 Å². The Morgan fingerprint density at radius 2 is 2.37 bits per heavy atom. The fraction of sp³-hybridized carbons (Fsp3) is 0.692. The second-order valence-electron chi connectivity index (χ2n) is 5.42. The molecule has 1 aromatic rings. The molecule has 2 rings (SSSR count). The summed E-state index contributed by atoms with van der Waals surface area (Å²) >= 11 is 1.68. The number of aliphatic imine (C=N–C) groups is 1.